The van der Waals surface area contributed by atoms with Crippen LogP contribution in [0.25, 0.3) is 0 Å². The zero-order valence-corrected chi connectivity index (χ0v) is 13.8. The van der Waals surface area contributed by atoms with E-state index in [0.717, 1.165) is 14.9 Å². The molecule has 0 fully saturated rings. The summed E-state index contributed by atoms with van der Waals surface area (Å²) < 4.78 is 12.3. The van der Waals surface area contributed by atoms with E-state index in [1.807, 2.05) is 54.6 Å². The predicted octanol–water partition coefficient (Wildman–Crippen LogP) is 4.45. The molecule has 5 heteroatoms. The van der Waals surface area contributed by atoms with Crippen molar-refractivity contribution in [1.82, 2.24) is 9.97 Å². The van der Waals surface area contributed by atoms with E-state index in [-0.39, 0.29) is 0 Å². The normalized spacial score (nSPS) is 10.2. The van der Waals surface area contributed by atoms with Gasteiger partial charge in [-0.1, -0.05) is 30.3 Å². The van der Waals surface area contributed by atoms with Crippen LogP contribution in [-0.4, -0.2) is 9.97 Å². The molecule has 3 rings (SSSR count). The van der Waals surface area contributed by atoms with Crippen LogP contribution in [0, 0.1) is 3.57 Å². The number of ether oxygens (including phenoxy) is 2. The van der Waals surface area contributed by atoms with E-state index in [9.17, 15) is 0 Å². The summed E-state index contributed by atoms with van der Waals surface area (Å²) in [4.78, 5) is 8.04. The predicted molar refractivity (Wildman–Crippen MR) is 92.0 cm³/mol. The molecular formula is C17H13IN2O2. The van der Waals surface area contributed by atoms with E-state index >= 15 is 0 Å². The van der Waals surface area contributed by atoms with Gasteiger partial charge in [-0.15, -0.1) is 0 Å². The number of hydrogen-bond donors (Lipinski definition) is 0. The van der Waals surface area contributed by atoms with Crippen molar-refractivity contribution < 1.29 is 9.47 Å². The Morgan fingerprint density at radius 2 is 1.64 bits per heavy atom. The number of nitrogens with zero attached hydrogens (tertiary/aromatic N) is 2. The molecule has 3 aromatic rings. The summed E-state index contributed by atoms with van der Waals surface area (Å²) in [7, 11) is 0. The minimum absolute atomic E-state index is 0.546. The first-order valence-electron chi connectivity index (χ1n) is 6.71. The number of halogens is 1. The fourth-order valence-corrected chi connectivity index (χ4v) is 2.24. The fourth-order valence-electron chi connectivity index (χ4n) is 1.83. The third-order valence-electron chi connectivity index (χ3n) is 2.92. The SMILES string of the molecule is Ic1cncnc1Oc1ccc(OCc2ccccc2)cc1. The summed E-state index contributed by atoms with van der Waals surface area (Å²) >= 11 is 2.14. The van der Waals surface area contributed by atoms with Crippen LogP contribution in [0.4, 0.5) is 0 Å². The molecule has 0 N–H and O–H groups in total. The van der Waals surface area contributed by atoms with Gasteiger partial charge in [0.15, 0.2) is 0 Å². The van der Waals surface area contributed by atoms with Gasteiger partial charge in [0.1, 0.15) is 24.4 Å². The molecule has 110 valence electrons. The van der Waals surface area contributed by atoms with Crippen LogP contribution in [0.1, 0.15) is 5.56 Å². The monoisotopic (exact) mass is 404 g/mol. The number of hydrogen-bond acceptors (Lipinski definition) is 4. The van der Waals surface area contributed by atoms with Crippen molar-refractivity contribution in [2.24, 2.45) is 0 Å². The molecule has 0 amide bonds. The average molecular weight is 404 g/mol. The fraction of sp³-hybridized carbons (Fsp3) is 0.0588. The second-order valence-corrected chi connectivity index (χ2v) is 5.69. The van der Waals surface area contributed by atoms with Crippen LogP contribution in [0.15, 0.2) is 67.1 Å². The lowest BCUT2D eigenvalue weighted by atomic mass is 10.2. The maximum absolute atomic E-state index is 5.74. The zero-order valence-electron chi connectivity index (χ0n) is 11.6. The summed E-state index contributed by atoms with van der Waals surface area (Å²) in [5, 5.41) is 0. The summed E-state index contributed by atoms with van der Waals surface area (Å²) in [6, 6.07) is 17.5. The van der Waals surface area contributed by atoms with Gasteiger partial charge in [-0.2, -0.15) is 0 Å². The zero-order chi connectivity index (χ0) is 15.2. The Morgan fingerprint density at radius 1 is 0.909 bits per heavy atom. The van der Waals surface area contributed by atoms with E-state index in [2.05, 4.69) is 32.6 Å². The number of rotatable bonds is 5. The largest absolute Gasteiger partial charge is 0.489 e. The molecule has 0 unspecified atom stereocenters. The van der Waals surface area contributed by atoms with Crippen LogP contribution >= 0.6 is 22.6 Å². The Balaban J connectivity index is 1.62. The lowest BCUT2D eigenvalue weighted by Crippen LogP contribution is -1.95. The highest BCUT2D eigenvalue weighted by molar-refractivity contribution is 14.1. The Hall–Kier alpha value is -2.15. The molecule has 1 aromatic heterocycles. The van der Waals surface area contributed by atoms with Gasteiger partial charge in [-0.05, 0) is 52.4 Å². The molecule has 0 aliphatic rings. The maximum Gasteiger partial charge on any atom is 0.235 e. The summed E-state index contributed by atoms with van der Waals surface area (Å²) in [5.41, 5.74) is 1.14. The second-order valence-electron chi connectivity index (χ2n) is 4.52. The highest BCUT2D eigenvalue weighted by Crippen LogP contribution is 2.25. The standard InChI is InChI=1S/C17H13IN2O2/c18-16-10-19-12-20-17(16)22-15-8-6-14(7-9-15)21-11-13-4-2-1-3-5-13/h1-10,12H,11H2. The van der Waals surface area contributed by atoms with Crippen molar-refractivity contribution in [3.63, 3.8) is 0 Å². The highest BCUT2D eigenvalue weighted by atomic mass is 127. The van der Waals surface area contributed by atoms with Gasteiger partial charge in [-0.3, -0.25) is 0 Å². The van der Waals surface area contributed by atoms with E-state index in [1.54, 1.807) is 6.20 Å². The third-order valence-corrected chi connectivity index (χ3v) is 3.66. The third kappa shape index (κ3) is 3.94. The molecular weight excluding hydrogens is 391 g/mol. The van der Waals surface area contributed by atoms with E-state index < -0.39 is 0 Å². The summed E-state index contributed by atoms with van der Waals surface area (Å²) in [6.07, 6.45) is 3.18. The van der Waals surface area contributed by atoms with Crippen molar-refractivity contribution in [2.45, 2.75) is 6.61 Å². The Morgan fingerprint density at radius 3 is 2.36 bits per heavy atom. The van der Waals surface area contributed by atoms with Gasteiger partial charge < -0.3 is 9.47 Å². The van der Waals surface area contributed by atoms with Crippen LogP contribution in [0.5, 0.6) is 17.4 Å². The molecule has 0 aliphatic carbocycles. The Kier molecular flexibility index (Phi) is 4.85. The first-order chi connectivity index (χ1) is 10.8. The van der Waals surface area contributed by atoms with E-state index in [4.69, 9.17) is 9.47 Å². The van der Waals surface area contributed by atoms with Crippen LogP contribution in [0.2, 0.25) is 0 Å². The molecule has 0 bridgehead atoms. The Labute approximate surface area is 142 Å². The van der Waals surface area contributed by atoms with Crippen molar-refractivity contribution in [1.29, 1.82) is 0 Å². The molecule has 0 saturated heterocycles. The van der Waals surface area contributed by atoms with Gasteiger partial charge in [0, 0.05) is 6.20 Å². The minimum Gasteiger partial charge on any atom is -0.489 e. The molecule has 2 aromatic carbocycles. The summed E-state index contributed by atoms with van der Waals surface area (Å²) in [6.45, 7) is 0.546. The van der Waals surface area contributed by atoms with Crippen LogP contribution < -0.4 is 9.47 Å². The van der Waals surface area contributed by atoms with Crippen molar-refractivity contribution >= 4 is 22.6 Å². The molecule has 1 heterocycles. The summed E-state index contributed by atoms with van der Waals surface area (Å²) in [5.74, 6) is 2.06. The Bertz CT molecular complexity index is 733. The number of aromatic nitrogens is 2. The molecule has 4 nitrogen and oxygen atoms in total. The van der Waals surface area contributed by atoms with Crippen LogP contribution in [0.3, 0.4) is 0 Å². The van der Waals surface area contributed by atoms with Gasteiger partial charge in [0.25, 0.3) is 0 Å². The minimum atomic E-state index is 0.546. The van der Waals surface area contributed by atoms with Gasteiger partial charge in [0.05, 0.1) is 3.57 Å². The molecule has 0 spiro atoms. The lowest BCUT2D eigenvalue weighted by Gasteiger charge is -2.08. The topological polar surface area (TPSA) is 44.2 Å². The second kappa shape index (κ2) is 7.22. The van der Waals surface area contributed by atoms with E-state index in [1.165, 1.54) is 6.33 Å². The van der Waals surface area contributed by atoms with Gasteiger partial charge in [-0.25, -0.2) is 9.97 Å². The van der Waals surface area contributed by atoms with Gasteiger partial charge in [0.2, 0.25) is 5.88 Å². The van der Waals surface area contributed by atoms with Crippen molar-refractivity contribution in [3.8, 4) is 17.4 Å². The highest BCUT2D eigenvalue weighted by Gasteiger charge is 2.04. The van der Waals surface area contributed by atoms with Gasteiger partial charge >= 0.3 is 0 Å². The molecule has 22 heavy (non-hydrogen) atoms. The smallest absolute Gasteiger partial charge is 0.235 e. The first-order valence-corrected chi connectivity index (χ1v) is 7.79. The molecule has 0 radical (unpaired) electrons. The quantitative estimate of drug-likeness (QED) is 0.590. The van der Waals surface area contributed by atoms with Crippen LogP contribution in [-0.2, 0) is 6.61 Å². The molecule has 0 aliphatic heterocycles. The molecule has 0 saturated carbocycles. The lowest BCUT2D eigenvalue weighted by molar-refractivity contribution is 0.305. The van der Waals surface area contributed by atoms with Crippen molar-refractivity contribution in [2.75, 3.05) is 0 Å². The molecule has 0 atom stereocenters. The van der Waals surface area contributed by atoms with Crippen molar-refractivity contribution in [3.05, 3.63) is 76.3 Å². The average Bonchev–Trinajstić information content (AvgIpc) is 2.57. The maximum atomic E-state index is 5.74. The first kappa shape index (κ1) is 14.8. The number of benzene rings is 2. The van der Waals surface area contributed by atoms with E-state index in [0.29, 0.717) is 18.2 Å².